The third kappa shape index (κ3) is 7.45. The number of carbonyl (C=O) groups is 5. The molecule has 14 nitrogen and oxygen atoms in total. The number of amides is 5. The molecule has 1 unspecified atom stereocenters. The van der Waals surface area contributed by atoms with Crippen molar-refractivity contribution in [2.75, 3.05) is 47.5 Å². The van der Waals surface area contributed by atoms with Gasteiger partial charge in [0.2, 0.25) is 17.7 Å². The topological polar surface area (TPSA) is 170 Å². The maximum atomic E-state index is 13.3. The molecule has 0 spiro atoms. The number of aryl methyl sites for hydroxylation is 2. The van der Waals surface area contributed by atoms with Crippen LogP contribution in [0.2, 0.25) is 5.02 Å². The molecule has 3 aliphatic rings. The molecule has 0 radical (unpaired) electrons. The largest absolute Gasteiger partial charge is 0.353 e. The molecule has 3 N–H and O–H groups in total. The van der Waals surface area contributed by atoms with E-state index in [1.54, 1.807) is 25.1 Å². The molecule has 2 aromatic carbocycles. The highest BCUT2D eigenvalue weighted by Gasteiger charge is 2.40. The first kappa shape index (κ1) is 35.3. The molecule has 0 bridgehead atoms. The average Bonchev–Trinajstić information content (AvgIpc) is 3.73. The fourth-order valence-electron chi connectivity index (χ4n) is 6.40. The second-order valence-corrected chi connectivity index (χ2v) is 15.0. The smallest absolute Gasteiger partial charge is 0.267 e. The van der Waals surface area contributed by atoms with Crippen LogP contribution in [0.15, 0.2) is 53.6 Å². The van der Waals surface area contributed by atoms with Crippen molar-refractivity contribution in [2.45, 2.75) is 44.2 Å². The van der Waals surface area contributed by atoms with Gasteiger partial charge in [-0.05, 0) is 49.6 Å². The van der Waals surface area contributed by atoms with Gasteiger partial charge in [0.1, 0.15) is 28.4 Å². The fraction of sp³-hybridized carbons (Fsp3) is 0.314. The minimum Gasteiger partial charge on any atom is -0.353 e. The number of anilines is 4. The molecular formula is C35H34ClN9O5S2. The fourth-order valence-corrected chi connectivity index (χ4v) is 8.37. The third-order valence-electron chi connectivity index (χ3n) is 9.10. The molecule has 2 aromatic heterocycles. The van der Waals surface area contributed by atoms with Gasteiger partial charge in [0.25, 0.3) is 11.8 Å². The van der Waals surface area contributed by atoms with E-state index in [0.717, 1.165) is 16.0 Å². The van der Waals surface area contributed by atoms with E-state index in [9.17, 15) is 24.0 Å². The van der Waals surface area contributed by atoms with Crippen LogP contribution in [0.4, 0.5) is 22.5 Å². The van der Waals surface area contributed by atoms with Gasteiger partial charge in [-0.3, -0.25) is 29.3 Å². The number of nitrogens with one attached hydrogen (secondary N) is 3. The molecule has 2 saturated heterocycles. The van der Waals surface area contributed by atoms with Crippen molar-refractivity contribution in [3.05, 3.63) is 81.1 Å². The summed E-state index contributed by atoms with van der Waals surface area (Å²) in [6, 6.07) is 12.0. The highest BCUT2D eigenvalue weighted by molar-refractivity contribution is 8.00. The summed E-state index contributed by atoms with van der Waals surface area (Å²) in [5.74, 6) is 0.663. The Bertz CT molecular complexity index is 2080. The zero-order valence-corrected chi connectivity index (χ0v) is 30.7. The number of nitrogens with zero attached hydrogens (tertiary/aromatic N) is 6. The normalized spacial score (nSPS) is 17.2. The minimum absolute atomic E-state index is 0.0110. The summed E-state index contributed by atoms with van der Waals surface area (Å²) >= 11 is 8.85. The van der Waals surface area contributed by atoms with Crippen LogP contribution in [0, 0.1) is 13.8 Å². The van der Waals surface area contributed by atoms with Gasteiger partial charge >= 0.3 is 0 Å². The number of piperidine rings is 1. The Balaban J connectivity index is 0.928. The molecule has 5 heterocycles. The van der Waals surface area contributed by atoms with Crippen LogP contribution in [0.5, 0.6) is 0 Å². The highest BCUT2D eigenvalue weighted by Crippen LogP contribution is 2.35. The molecule has 0 saturated carbocycles. The van der Waals surface area contributed by atoms with Crippen LogP contribution >= 0.6 is 34.7 Å². The van der Waals surface area contributed by atoms with E-state index in [-0.39, 0.29) is 42.3 Å². The Kier molecular flexibility index (Phi) is 10.1. The lowest BCUT2D eigenvalue weighted by Gasteiger charge is -2.35. The third-order valence-corrected chi connectivity index (χ3v) is 11.4. The average molecular weight is 760 g/mol. The number of thiazole rings is 1. The number of hydrogen-bond acceptors (Lipinski definition) is 12. The quantitative estimate of drug-likeness (QED) is 0.163. The van der Waals surface area contributed by atoms with E-state index in [1.165, 1.54) is 34.2 Å². The molecule has 52 heavy (non-hydrogen) atoms. The lowest BCUT2D eigenvalue weighted by molar-refractivity contribution is -0.137. The van der Waals surface area contributed by atoms with Crippen molar-refractivity contribution in [2.24, 2.45) is 0 Å². The van der Waals surface area contributed by atoms with E-state index in [0.29, 0.717) is 76.3 Å². The number of para-hydroxylation sites is 1. The second-order valence-electron chi connectivity index (χ2n) is 12.5. The number of benzene rings is 2. The number of fused-ring (bicyclic) bond motifs is 1. The summed E-state index contributed by atoms with van der Waals surface area (Å²) in [6.45, 7) is 6.10. The Hall–Kier alpha value is -5.06. The lowest BCUT2D eigenvalue weighted by atomic mass is 10.0. The molecular weight excluding hydrogens is 726 g/mol. The van der Waals surface area contributed by atoms with E-state index < -0.39 is 11.9 Å². The van der Waals surface area contributed by atoms with Crippen molar-refractivity contribution in [1.29, 1.82) is 0 Å². The monoisotopic (exact) mass is 759 g/mol. The number of imide groups is 1. The summed E-state index contributed by atoms with van der Waals surface area (Å²) in [7, 11) is 0. The summed E-state index contributed by atoms with van der Waals surface area (Å²) in [4.78, 5) is 83.6. The van der Waals surface area contributed by atoms with Crippen LogP contribution in [0.3, 0.4) is 0 Å². The van der Waals surface area contributed by atoms with Gasteiger partial charge in [-0.2, -0.15) is 0 Å². The van der Waals surface area contributed by atoms with Crippen molar-refractivity contribution in [3.8, 4) is 0 Å². The number of rotatable bonds is 9. The zero-order valence-electron chi connectivity index (χ0n) is 28.3. The van der Waals surface area contributed by atoms with Crippen LogP contribution in [-0.4, -0.2) is 92.3 Å². The van der Waals surface area contributed by atoms with E-state index >= 15 is 0 Å². The molecule has 3 aliphatic heterocycles. The molecule has 1 atom stereocenters. The number of hydrogen-bond donors (Lipinski definition) is 3. The van der Waals surface area contributed by atoms with Gasteiger partial charge in [0, 0.05) is 55.7 Å². The Morgan fingerprint density at radius 1 is 1.06 bits per heavy atom. The summed E-state index contributed by atoms with van der Waals surface area (Å²) < 4.78 is 0. The van der Waals surface area contributed by atoms with Crippen molar-refractivity contribution >= 4 is 86.7 Å². The Morgan fingerprint density at radius 2 is 1.85 bits per heavy atom. The Morgan fingerprint density at radius 3 is 2.62 bits per heavy atom. The molecule has 7 rings (SSSR count). The SMILES string of the molecule is Cc1nc(Nc2ncc(C(=O)Nc3c(C)cccc3Cl)s2)cc(N2CCN(C(=O)CSc3cccc4c3CN(C3CCC(=O)NC3=O)C4=O)CC2)n1. The summed E-state index contributed by atoms with van der Waals surface area (Å²) in [6.07, 6.45) is 1.98. The van der Waals surface area contributed by atoms with Gasteiger partial charge in [0.15, 0.2) is 5.13 Å². The maximum absolute atomic E-state index is 13.3. The van der Waals surface area contributed by atoms with Crippen LogP contribution in [0.1, 0.15) is 49.8 Å². The highest BCUT2D eigenvalue weighted by atomic mass is 35.5. The first-order chi connectivity index (χ1) is 25.0. The van der Waals surface area contributed by atoms with E-state index in [1.807, 2.05) is 36.1 Å². The number of halogens is 1. The van der Waals surface area contributed by atoms with Crippen molar-refractivity contribution in [3.63, 3.8) is 0 Å². The summed E-state index contributed by atoms with van der Waals surface area (Å²) in [5.41, 5.74) is 2.74. The van der Waals surface area contributed by atoms with Gasteiger partial charge in [-0.1, -0.05) is 41.1 Å². The van der Waals surface area contributed by atoms with Crippen LogP contribution in [-0.2, 0) is 20.9 Å². The predicted octanol–water partition coefficient (Wildman–Crippen LogP) is 4.40. The predicted molar refractivity (Wildman–Crippen MR) is 198 cm³/mol. The first-order valence-electron chi connectivity index (χ1n) is 16.6. The molecule has 4 aromatic rings. The second kappa shape index (κ2) is 14.9. The summed E-state index contributed by atoms with van der Waals surface area (Å²) in [5, 5.41) is 9.33. The number of piperazine rings is 1. The van der Waals surface area contributed by atoms with Gasteiger partial charge in [0.05, 0.1) is 22.7 Å². The number of thioether (sulfide) groups is 1. The first-order valence-corrected chi connectivity index (χ1v) is 18.8. The van der Waals surface area contributed by atoms with E-state index in [4.69, 9.17) is 11.6 Å². The van der Waals surface area contributed by atoms with Gasteiger partial charge in [-0.25, -0.2) is 15.0 Å². The van der Waals surface area contributed by atoms with Gasteiger partial charge < -0.3 is 25.3 Å². The van der Waals surface area contributed by atoms with Crippen molar-refractivity contribution in [1.82, 2.24) is 30.1 Å². The molecule has 17 heteroatoms. The van der Waals surface area contributed by atoms with E-state index in [2.05, 4.69) is 35.8 Å². The molecule has 268 valence electrons. The van der Waals surface area contributed by atoms with Crippen molar-refractivity contribution < 1.29 is 24.0 Å². The lowest BCUT2D eigenvalue weighted by Crippen LogP contribution is -2.52. The maximum Gasteiger partial charge on any atom is 0.267 e. The molecule has 0 aliphatic carbocycles. The van der Waals surface area contributed by atoms with Gasteiger partial charge in [-0.15, -0.1) is 11.8 Å². The Labute approximate surface area is 312 Å². The zero-order chi connectivity index (χ0) is 36.5. The van der Waals surface area contributed by atoms with Crippen LogP contribution in [0.25, 0.3) is 0 Å². The molecule has 2 fully saturated rings. The number of aromatic nitrogens is 3. The minimum atomic E-state index is -0.692. The molecule has 5 amide bonds. The van der Waals surface area contributed by atoms with Crippen LogP contribution < -0.4 is 20.9 Å². The number of carbonyl (C=O) groups excluding carboxylic acids is 5. The standard InChI is InChI=1S/C35H34ClN9O5S2/c1-19-5-3-7-23(36)31(19)42-33(49)26-16-37-35(52-26)40-27-15-28(39-20(2)38-27)43-11-13-44(14-12-43)30(47)18-51-25-8-4-6-21-22(25)17-45(34(21)50)24-9-10-29(46)41-32(24)48/h3-8,15-16,24H,9-14,17-18H2,1-2H3,(H,42,49)(H,41,46,48)(H,37,38,39,40).